The minimum absolute atomic E-state index is 0.507. The van der Waals surface area contributed by atoms with Gasteiger partial charge >= 0.3 is 0 Å². The normalized spacial score (nSPS) is 16.7. The van der Waals surface area contributed by atoms with Crippen LogP contribution in [0.4, 0.5) is 5.13 Å². The second kappa shape index (κ2) is 6.90. The van der Waals surface area contributed by atoms with Crippen LogP contribution in [0.5, 0.6) is 0 Å². The van der Waals surface area contributed by atoms with E-state index in [2.05, 4.69) is 45.0 Å². The molecule has 0 bridgehead atoms. The lowest BCUT2D eigenvalue weighted by Crippen LogP contribution is -2.23. The fourth-order valence-corrected chi connectivity index (χ4v) is 3.43. The van der Waals surface area contributed by atoms with Gasteiger partial charge in [-0.3, -0.25) is 0 Å². The number of aromatic nitrogens is 1. The molecular formula is C16H29N3S. The molecule has 1 aromatic heterocycles. The molecule has 1 saturated carbocycles. The van der Waals surface area contributed by atoms with Gasteiger partial charge in [0.25, 0.3) is 0 Å². The van der Waals surface area contributed by atoms with Crippen molar-refractivity contribution in [3.05, 3.63) is 10.6 Å². The number of anilines is 1. The van der Waals surface area contributed by atoms with Crippen molar-refractivity contribution >= 4 is 16.5 Å². The third-order valence-corrected chi connectivity index (χ3v) is 5.19. The monoisotopic (exact) mass is 295 g/mol. The van der Waals surface area contributed by atoms with Crippen LogP contribution in [0.3, 0.4) is 0 Å². The van der Waals surface area contributed by atoms with E-state index < -0.39 is 0 Å². The Labute approximate surface area is 127 Å². The summed E-state index contributed by atoms with van der Waals surface area (Å²) >= 11 is 1.87. The molecule has 1 fully saturated rings. The molecule has 1 atom stereocenters. The van der Waals surface area contributed by atoms with E-state index in [9.17, 15) is 0 Å². The van der Waals surface area contributed by atoms with Gasteiger partial charge in [-0.05, 0) is 24.7 Å². The lowest BCUT2D eigenvalue weighted by molar-refractivity contribution is 0.559. The first-order chi connectivity index (χ1) is 9.51. The van der Waals surface area contributed by atoms with Crippen molar-refractivity contribution < 1.29 is 0 Å². The molecule has 3 nitrogen and oxygen atoms in total. The van der Waals surface area contributed by atoms with Gasteiger partial charge in [0, 0.05) is 31.1 Å². The van der Waals surface area contributed by atoms with Crippen molar-refractivity contribution in [2.45, 2.75) is 65.5 Å². The van der Waals surface area contributed by atoms with Gasteiger partial charge in [-0.1, -0.05) is 34.1 Å². The van der Waals surface area contributed by atoms with Crippen molar-refractivity contribution in [3.8, 4) is 0 Å². The average molecular weight is 295 g/mol. The van der Waals surface area contributed by atoms with Gasteiger partial charge < -0.3 is 10.2 Å². The molecule has 0 amide bonds. The van der Waals surface area contributed by atoms with E-state index in [0.717, 1.165) is 25.0 Å². The molecule has 1 heterocycles. The van der Waals surface area contributed by atoms with Crippen LogP contribution in [-0.4, -0.2) is 24.6 Å². The Bertz CT molecular complexity index is 423. The summed E-state index contributed by atoms with van der Waals surface area (Å²) < 4.78 is 0. The Balaban J connectivity index is 2.06. The summed E-state index contributed by atoms with van der Waals surface area (Å²) in [4.78, 5) is 8.65. The highest BCUT2D eigenvalue weighted by atomic mass is 32.1. The molecule has 0 spiro atoms. The first kappa shape index (κ1) is 15.8. The topological polar surface area (TPSA) is 28.2 Å². The Morgan fingerprint density at radius 2 is 2.05 bits per heavy atom. The molecule has 0 aliphatic heterocycles. The summed E-state index contributed by atoms with van der Waals surface area (Å²) in [5.74, 6) is 1.23. The van der Waals surface area contributed by atoms with Gasteiger partial charge in [0.05, 0.1) is 5.69 Å². The standard InChI is InChI=1S/C16H29N3S/c1-6-12(4)10-19(5)16-18-15(11(2)3)14(20-16)9-17-13-7-8-13/h11-13,17H,6-10H2,1-5H3. The minimum atomic E-state index is 0.507. The highest BCUT2D eigenvalue weighted by Gasteiger charge is 2.23. The molecule has 1 aromatic rings. The van der Waals surface area contributed by atoms with E-state index in [1.54, 1.807) is 0 Å². The Morgan fingerprint density at radius 1 is 1.35 bits per heavy atom. The van der Waals surface area contributed by atoms with Crippen molar-refractivity contribution in [2.24, 2.45) is 5.92 Å². The van der Waals surface area contributed by atoms with Gasteiger partial charge in [-0.2, -0.15) is 0 Å². The van der Waals surface area contributed by atoms with Crippen LogP contribution in [0.1, 0.15) is 63.4 Å². The zero-order chi connectivity index (χ0) is 14.7. The van der Waals surface area contributed by atoms with Gasteiger partial charge in [0.2, 0.25) is 0 Å². The second-order valence-corrected chi connectivity index (χ2v) is 7.57. The lowest BCUT2D eigenvalue weighted by Gasteiger charge is -2.19. The van der Waals surface area contributed by atoms with Crippen molar-refractivity contribution in [3.63, 3.8) is 0 Å². The van der Waals surface area contributed by atoms with E-state index in [-0.39, 0.29) is 0 Å². The third-order valence-electron chi connectivity index (χ3n) is 4.00. The first-order valence-corrected chi connectivity index (χ1v) is 8.77. The zero-order valence-corrected chi connectivity index (χ0v) is 14.4. The quantitative estimate of drug-likeness (QED) is 0.785. The van der Waals surface area contributed by atoms with Crippen molar-refractivity contribution in [1.29, 1.82) is 0 Å². The molecular weight excluding hydrogens is 266 g/mol. The number of nitrogens with one attached hydrogen (secondary N) is 1. The van der Waals surface area contributed by atoms with E-state index in [1.165, 1.54) is 35.0 Å². The SMILES string of the molecule is CCC(C)CN(C)c1nc(C(C)C)c(CNC2CC2)s1. The maximum Gasteiger partial charge on any atom is 0.185 e. The van der Waals surface area contributed by atoms with Gasteiger partial charge in [-0.15, -0.1) is 11.3 Å². The van der Waals surface area contributed by atoms with Crippen LogP contribution in [-0.2, 0) is 6.54 Å². The van der Waals surface area contributed by atoms with Crippen molar-refractivity contribution in [1.82, 2.24) is 10.3 Å². The Hall–Kier alpha value is -0.610. The molecule has 20 heavy (non-hydrogen) atoms. The number of rotatable bonds is 8. The summed E-state index contributed by atoms with van der Waals surface area (Å²) in [5, 5.41) is 4.81. The number of thiazole rings is 1. The predicted molar refractivity (Wildman–Crippen MR) is 88.8 cm³/mol. The summed E-state index contributed by atoms with van der Waals surface area (Å²) in [5.41, 5.74) is 1.29. The summed E-state index contributed by atoms with van der Waals surface area (Å²) in [6.07, 6.45) is 3.91. The van der Waals surface area contributed by atoms with Gasteiger partial charge in [0.15, 0.2) is 5.13 Å². The summed E-state index contributed by atoms with van der Waals surface area (Å²) in [7, 11) is 2.17. The summed E-state index contributed by atoms with van der Waals surface area (Å²) in [6, 6.07) is 0.762. The van der Waals surface area contributed by atoms with Crippen LogP contribution in [0, 0.1) is 5.92 Å². The molecule has 1 N–H and O–H groups in total. The zero-order valence-electron chi connectivity index (χ0n) is 13.6. The average Bonchev–Trinajstić information content (AvgIpc) is 3.13. The highest BCUT2D eigenvalue weighted by Crippen LogP contribution is 2.31. The van der Waals surface area contributed by atoms with Crippen LogP contribution >= 0.6 is 11.3 Å². The molecule has 0 saturated heterocycles. The van der Waals surface area contributed by atoms with Crippen LogP contribution in [0.2, 0.25) is 0 Å². The van der Waals surface area contributed by atoms with Gasteiger partial charge in [-0.25, -0.2) is 4.98 Å². The summed E-state index contributed by atoms with van der Waals surface area (Å²) in [6.45, 7) is 11.1. The van der Waals surface area contributed by atoms with E-state index in [4.69, 9.17) is 4.98 Å². The first-order valence-electron chi connectivity index (χ1n) is 7.95. The smallest absolute Gasteiger partial charge is 0.185 e. The molecule has 1 aliphatic carbocycles. The van der Waals surface area contributed by atoms with E-state index in [0.29, 0.717) is 5.92 Å². The van der Waals surface area contributed by atoms with Crippen LogP contribution < -0.4 is 10.2 Å². The maximum atomic E-state index is 4.90. The molecule has 1 unspecified atom stereocenters. The second-order valence-electron chi connectivity index (χ2n) is 6.51. The minimum Gasteiger partial charge on any atom is -0.351 e. The molecule has 0 radical (unpaired) electrons. The van der Waals surface area contributed by atoms with Crippen molar-refractivity contribution in [2.75, 3.05) is 18.5 Å². The van der Waals surface area contributed by atoms with Crippen LogP contribution in [0.25, 0.3) is 0 Å². The number of hydrogen-bond donors (Lipinski definition) is 1. The fraction of sp³-hybridized carbons (Fsp3) is 0.812. The van der Waals surface area contributed by atoms with E-state index >= 15 is 0 Å². The molecule has 114 valence electrons. The molecule has 4 heteroatoms. The van der Waals surface area contributed by atoms with Crippen LogP contribution in [0.15, 0.2) is 0 Å². The lowest BCUT2D eigenvalue weighted by atomic mass is 10.1. The van der Waals surface area contributed by atoms with Gasteiger partial charge in [0.1, 0.15) is 0 Å². The number of nitrogens with zero attached hydrogens (tertiary/aromatic N) is 2. The molecule has 1 aliphatic rings. The largest absolute Gasteiger partial charge is 0.351 e. The Morgan fingerprint density at radius 3 is 2.60 bits per heavy atom. The maximum absolute atomic E-state index is 4.90. The van der Waals surface area contributed by atoms with E-state index in [1.807, 2.05) is 11.3 Å². The number of hydrogen-bond acceptors (Lipinski definition) is 4. The Kier molecular flexibility index (Phi) is 5.44. The molecule has 2 rings (SSSR count). The predicted octanol–water partition coefficient (Wildman–Crippen LogP) is 4.00. The highest BCUT2D eigenvalue weighted by molar-refractivity contribution is 7.15. The third kappa shape index (κ3) is 4.19. The fourth-order valence-electron chi connectivity index (χ4n) is 2.29. The molecule has 0 aromatic carbocycles.